The van der Waals surface area contributed by atoms with Crippen LogP contribution in [0.4, 0.5) is 0 Å². The number of carbonyl (C=O) groups is 1. The topological polar surface area (TPSA) is 48.4 Å². The van der Waals surface area contributed by atoms with Gasteiger partial charge >= 0.3 is 5.97 Å². The second-order valence-electron chi connectivity index (χ2n) is 4.47. The van der Waals surface area contributed by atoms with Gasteiger partial charge in [-0.05, 0) is 37.8 Å². The molecule has 0 amide bonds. The first-order valence-electron chi connectivity index (χ1n) is 6.04. The minimum Gasteiger partial charge on any atom is -0.462 e. The first kappa shape index (κ1) is 13.3. The summed E-state index contributed by atoms with van der Waals surface area (Å²) in [4.78, 5) is 15.9. The Bertz CT molecular complexity index is 410. The zero-order chi connectivity index (χ0) is 13.0. The van der Waals surface area contributed by atoms with Crippen LogP contribution in [-0.2, 0) is 9.47 Å². The Morgan fingerprint density at radius 3 is 2.89 bits per heavy atom. The summed E-state index contributed by atoms with van der Waals surface area (Å²) in [5, 5.41) is 0.313. The number of halogens is 1. The normalized spacial score (nSPS) is 16.6. The molecule has 98 valence electrons. The Balaban J connectivity index is 1.90. The first-order valence-corrected chi connectivity index (χ1v) is 6.42. The molecule has 18 heavy (non-hydrogen) atoms. The number of carbonyl (C=O) groups excluding carboxylic acids is 1. The molecule has 0 bridgehead atoms. The van der Waals surface area contributed by atoms with Crippen molar-refractivity contribution in [2.75, 3.05) is 19.8 Å². The summed E-state index contributed by atoms with van der Waals surface area (Å²) in [6, 6.07) is 3.21. The van der Waals surface area contributed by atoms with Crippen LogP contribution < -0.4 is 0 Å². The maximum Gasteiger partial charge on any atom is 0.338 e. The van der Waals surface area contributed by atoms with Gasteiger partial charge in [0.1, 0.15) is 5.15 Å². The van der Waals surface area contributed by atoms with E-state index in [1.807, 2.05) is 0 Å². The zero-order valence-electron chi connectivity index (χ0n) is 10.3. The highest BCUT2D eigenvalue weighted by Gasteiger charge is 2.17. The Hall–Kier alpha value is -1.13. The number of ether oxygens (including phenoxy) is 2. The summed E-state index contributed by atoms with van der Waals surface area (Å²) in [5.74, 6) is 0.0648. The molecule has 1 aliphatic heterocycles. The average molecular weight is 270 g/mol. The van der Waals surface area contributed by atoms with Crippen LogP contribution in [0.2, 0.25) is 5.15 Å². The third kappa shape index (κ3) is 3.68. The minimum atomic E-state index is -0.339. The van der Waals surface area contributed by atoms with E-state index in [0.717, 1.165) is 26.1 Å². The van der Waals surface area contributed by atoms with Gasteiger partial charge < -0.3 is 9.47 Å². The fourth-order valence-electron chi connectivity index (χ4n) is 1.94. The van der Waals surface area contributed by atoms with Crippen molar-refractivity contribution in [2.24, 2.45) is 5.92 Å². The third-order valence-electron chi connectivity index (χ3n) is 2.95. The molecule has 0 saturated carbocycles. The van der Waals surface area contributed by atoms with E-state index in [9.17, 15) is 4.79 Å². The standard InChI is InChI=1S/C13H16ClNO3/c1-9-6-11(7-12(14)15-9)13(16)18-8-10-2-4-17-5-3-10/h6-7,10H,2-5,8H2,1H3. The molecule has 0 atom stereocenters. The van der Waals surface area contributed by atoms with Crippen molar-refractivity contribution in [3.05, 3.63) is 28.5 Å². The van der Waals surface area contributed by atoms with Crippen molar-refractivity contribution < 1.29 is 14.3 Å². The van der Waals surface area contributed by atoms with E-state index >= 15 is 0 Å². The lowest BCUT2D eigenvalue weighted by Gasteiger charge is -2.21. The SMILES string of the molecule is Cc1cc(C(=O)OCC2CCOCC2)cc(Cl)n1. The number of aryl methyl sites for hydroxylation is 1. The average Bonchev–Trinajstić information content (AvgIpc) is 2.36. The summed E-state index contributed by atoms with van der Waals surface area (Å²) in [6.07, 6.45) is 1.90. The van der Waals surface area contributed by atoms with E-state index in [-0.39, 0.29) is 5.97 Å². The van der Waals surface area contributed by atoms with Gasteiger partial charge in [0.15, 0.2) is 0 Å². The molecule has 0 radical (unpaired) electrons. The molecule has 0 aromatic carbocycles. The van der Waals surface area contributed by atoms with Gasteiger partial charge in [0, 0.05) is 18.9 Å². The first-order chi connectivity index (χ1) is 8.65. The lowest BCUT2D eigenvalue weighted by Crippen LogP contribution is -2.22. The van der Waals surface area contributed by atoms with Gasteiger partial charge in [-0.3, -0.25) is 0 Å². The summed E-state index contributed by atoms with van der Waals surface area (Å²) >= 11 is 5.81. The number of hydrogen-bond acceptors (Lipinski definition) is 4. The van der Waals surface area contributed by atoms with E-state index in [4.69, 9.17) is 21.1 Å². The second kappa shape index (κ2) is 6.16. The van der Waals surface area contributed by atoms with Gasteiger partial charge in [-0.25, -0.2) is 9.78 Å². The monoisotopic (exact) mass is 269 g/mol. The predicted octanol–water partition coefficient (Wildman–Crippen LogP) is 2.63. The number of rotatable bonds is 3. The van der Waals surface area contributed by atoms with Crippen LogP contribution in [-0.4, -0.2) is 30.8 Å². The Labute approximate surface area is 111 Å². The maximum atomic E-state index is 11.9. The number of hydrogen-bond donors (Lipinski definition) is 0. The van der Waals surface area contributed by atoms with Gasteiger partial charge in [0.25, 0.3) is 0 Å². The molecule has 4 nitrogen and oxygen atoms in total. The van der Waals surface area contributed by atoms with Crippen molar-refractivity contribution in [1.82, 2.24) is 4.98 Å². The molecule has 0 N–H and O–H groups in total. The van der Waals surface area contributed by atoms with Crippen LogP contribution >= 0.6 is 11.6 Å². The van der Waals surface area contributed by atoms with Crippen molar-refractivity contribution >= 4 is 17.6 Å². The Morgan fingerprint density at radius 1 is 1.50 bits per heavy atom. The quantitative estimate of drug-likeness (QED) is 0.625. The molecule has 1 aliphatic rings. The molecule has 2 rings (SSSR count). The molecule has 0 unspecified atom stereocenters. The third-order valence-corrected chi connectivity index (χ3v) is 3.14. The van der Waals surface area contributed by atoms with Gasteiger partial charge in [0.2, 0.25) is 0 Å². The highest BCUT2D eigenvalue weighted by molar-refractivity contribution is 6.29. The molecule has 0 spiro atoms. The van der Waals surface area contributed by atoms with Crippen molar-refractivity contribution in [3.63, 3.8) is 0 Å². The minimum absolute atomic E-state index is 0.313. The summed E-state index contributed by atoms with van der Waals surface area (Å²) in [5.41, 5.74) is 1.17. The Morgan fingerprint density at radius 2 is 2.22 bits per heavy atom. The molecule has 5 heteroatoms. The fourth-order valence-corrected chi connectivity index (χ4v) is 2.19. The van der Waals surface area contributed by atoms with Crippen molar-refractivity contribution in [3.8, 4) is 0 Å². The van der Waals surface area contributed by atoms with Crippen molar-refractivity contribution in [2.45, 2.75) is 19.8 Å². The molecular formula is C13H16ClNO3. The smallest absolute Gasteiger partial charge is 0.338 e. The summed E-state index contributed by atoms with van der Waals surface area (Å²) in [7, 11) is 0. The molecule has 2 heterocycles. The van der Waals surface area contributed by atoms with Crippen molar-refractivity contribution in [1.29, 1.82) is 0 Å². The van der Waals surface area contributed by atoms with Crippen LogP contribution in [0.5, 0.6) is 0 Å². The number of pyridine rings is 1. The van der Waals surface area contributed by atoms with E-state index in [1.165, 1.54) is 6.07 Å². The second-order valence-corrected chi connectivity index (χ2v) is 4.86. The summed E-state index contributed by atoms with van der Waals surface area (Å²) < 4.78 is 10.6. The largest absolute Gasteiger partial charge is 0.462 e. The molecular weight excluding hydrogens is 254 g/mol. The number of esters is 1. The van der Waals surface area contributed by atoms with E-state index in [2.05, 4.69) is 4.98 Å². The molecule has 1 aromatic rings. The Kier molecular flexibility index (Phi) is 4.55. The molecule has 0 aliphatic carbocycles. The van der Waals surface area contributed by atoms with Gasteiger partial charge in [-0.2, -0.15) is 0 Å². The van der Waals surface area contributed by atoms with Gasteiger partial charge in [0.05, 0.1) is 12.2 Å². The molecule has 1 saturated heterocycles. The molecule has 1 aromatic heterocycles. The maximum absolute atomic E-state index is 11.9. The number of aromatic nitrogens is 1. The number of nitrogens with zero attached hydrogens (tertiary/aromatic N) is 1. The fraction of sp³-hybridized carbons (Fsp3) is 0.538. The lowest BCUT2D eigenvalue weighted by molar-refractivity contribution is 0.0185. The van der Waals surface area contributed by atoms with Gasteiger partial charge in [-0.15, -0.1) is 0 Å². The van der Waals surface area contributed by atoms with Crippen LogP contribution in [0, 0.1) is 12.8 Å². The predicted molar refractivity (Wildman–Crippen MR) is 67.8 cm³/mol. The van der Waals surface area contributed by atoms with Crippen LogP contribution in [0.3, 0.4) is 0 Å². The van der Waals surface area contributed by atoms with Crippen LogP contribution in [0.25, 0.3) is 0 Å². The highest BCUT2D eigenvalue weighted by Crippen LogP contribution is 2.16. The molecule has 1 fully saturated rings. The van der Waals surface area contributed by atoms with Crippen LogP contribution in [0.1, 0.15) is 28.9 Å². The van der Waals surface area contributed by atoms with E-state index in [1.54, 1.807) is 13.0 Å². The van der Waals surface area contributed by atoms with Gasteiger partial charge in [-0.1, -0.05) is 11.6 Å². The van der Waals surface area contributed by atoms with E-state index in [0.29, 0.717) is 28.9 Å². The summed E-state index contributed by atoms with van der Waals surface area (Å²) in [6.45, 7) is 3.74. The van der Waals surface area contributed by atoms with E-state index < -0.39 is 0 Å². The lowest BCUT2D eigenvalue weighted by atomic mass is 10.0. The van der Waals surface area contributed by atoms with Crippen LogP contribution in [0.15, 0.2) is 12.1 Å². The zero-order valence-corrected chi connectivity index (χ0v) is 11.1. The highest BCUT2D eigenvalue weighted by atomic mass is 35.5.